The molecule has 0 unspecified atom stereocenters. The van der Waals surface area contributed by atoms with Crippen LogP contribution in [0.15, 0.2) is 5.16 Å². The van der Waals surface area contributed by atoms with E-state index in [2.05, 4.69) is 12.1 Å². The minimum Gasteiger partial charge on any atom is -0.390 e. The van der Waals surface area contributed by atoms with Crippen molar-refractivity contribution in [2.75, 3.05) is 0 Å². The summed E-state index contributed by atoms with van der Waals surface area (Å²) < 4.78 is 0. The van der Waals surface area contributed by atoms with Crippen LogP contribution in [0.4, 0.5) is 0 Å². The van der Waals surface area contributed by atoms with E-state index >= 15 is 0 Å². The number of hydrogen-bond acceptors (Lipinski definition) is 2. The largest absolute Gasteiger partial charge is 0.390 e. The van der Waals surface area contributed by atoms with E-state index in [1.54, 1.807) is 0 Å². The lowest BCUT2D eigenvalue weighted by Crippen LogP contribution is -2.18. The zero-order valence-electron chi connectivity index (χ0n) is 11.3. The summed E-state index contributed by atoms with van der Waals surface area (Å²) in [6, 6.07) is 0. The molecule has 0 heterocycles. The van der Waals surface area contributed by atoms with Crippen molar-refractivity contribution < 1.29 is 4.84 Å². The Morgan fingerprint density at radius 3 is 2.00 bits per heavy atom. The smallest absolute Gasteiger partial charge is 0.129 e. The second-order valence-corrected chi connectivity index (χ2v) is 5.04. The molecule has 1 aliphatic carbocycles. The fourth-order valence-electron chi connectivity index (χ4n) is 1.39. The van der Waals surface area contributed by atoms with Crippen molar-refractivity contribution in [1.29, 1.82) is 0 Å². The third kappa shape index (κ3) is 7.40. The highest BCUT2D eigenvalue weighted by Crippen LogP contribution is 2.22. The van der Waals surface area contributed by atoms with Crippen LogP contribution in [0, 0.1) is 5.92 Å². The van der Waals surface area contributed by atoms with Gasteiger partial charge in [-0.1, -0.05) is 25.9 Å². The molecule has 0 aromatic heterocycles. The van der Waals surface area contributed by atoms with Gasteiger partial charge in [0.15, 0.2) is 0 Å². The predicted molar refractivity (Wildman–Crippen MR) is 67.3 cm³/mol. The van der Waals surface area contributed by atoms with Crippen molar-refractivity contribution in [2.24, 2.45) is 11.1 Å². The van der Waals surface area contributed by atoms with Crippen molar-refractivity contribution in [1.82, 2.24) is 0 Å². The molecule has 0 spiro atoms. The zero-order valence-corrected chi connectivity index (χ0v) is 11.3. The summed E-state index contributed by atoms with van der Waals surface area (Å²) >= 11 is 0. The van der Waals surface area contributed by atoms with Crippen LogP contribution in [-0.4, -0.2) is 11.3 Å². The SMILES string of the molecule is CC.CC1CCC(=NOC(C)(C)C)CC1. The average Bonchev–Trinajstić information content (AvgIpc) is 2.19. The van der Waals surface area contributed by atoms with Crippen molar-refractivity contribution in [3.63, 3.8) is 0 Å². The number of hydrogen-bond donors (Lipinski definition) is 0. The Kier molecular flexibility index (Phi) is 6.62. The number of oxime groups is 1. The van der Waals surface area contributed by atoms with Gasteiger partial charge in [-0.05, 0) is 52.4 Å². The van der Waals surface area contributed by atoms with Crippen molar-refractivity contribution in [3.8, 4) is 0 Å². The van der Waals surface area contributed by atoms with E-state index in [4.69, 9.17) is 4.84 Å². The summed E-state index contributed by atoms with van der Waals surface area (Å²) in [5, 5.41) is 4.21. The molecule has 1 aliphatic rings. The van der Waals surface area contributed by atoms with E-state index in [0.29, 0.717) is 0 Å². The van der Waals surface area contributed by atoms with Gasteiger partial charge < -0.3 is 4.84 Å². The van der Waals surface area contributed by atoms with E-state index < -0.39 is 0 Å². The minimum atomic E-state index is -0.143. The van der Waals surface area contributed by atoms with Crippen LogP contribution in [0.25, 0.3) is 0 Å². The van der Waals surface area contributed by atoms with Crippen LogP contribution < -0.4 is 0 Å². The highest BCUT2D eigenvalue weighted by molar-refractivity contribution is 5.84. The quantitative estimate of drug-likeness (QED) is 0.592. The second-order valence-electron chi connectivity index (χ2n) is 5.04. The third-order valence-electron chi connectivity index (χ3n) is 2.30. The molecule has 0 aliphatic heterocycles. The summed E-state index contributed by atoms with van der Waals surface area (Å²) in [7, 11) is 0. The average molecular weight is 213 g/mol. The first-order chi connectivity index (χ1) is 6.97. The van der Waals surface area contributed by atoms with Gasteiger partial charge in [0.2, 0.25) is 0 Å². The summed E-state index contributed by atoms with van der Waals surface area (Å²) in [5.74, 6) is 0.869. The summed E-state index contributed by atoms with van der Waals surface area (Å²) in [5.41, 5.74) is 1.10. The molecule has 0 aromatic rings. The fourth-order valence-corrected chi connectivity index (χ4v) is 1.39. The van der Waals surface area contributed by atoms with E-state index in [0.717, 1.165) is 18.8 Å². The number of rotatable bonds is 1. The van der Waals surface area contributed by atoms with Crippen molar-refractivity contribution in [2.45, 2.75) is 72.8 Å². The van der Waals surface area contributed by atoms with E-state index in [9.17, 15) is 0 Å². The predicted octanol–water partition coefficient (Wildman–Crippen LogP) is 4.39. The molecule has 1 rings (SSSR count). The third-order valence-corrected chi connectivity index (χ3v) is 2.30. The molecular weight excluding hydrogens is 186 g/mol. The highest BCUT2D eigenvalue weighted by Gasteiger charge is 2.16. The van der Waals surface area contributed by atoms with Gasteiger partial charge in [-0.25, -0.2) is 0 Å². The Balaban J connectivity index is 0.000000921. The Bertz CT molecular complexity index is 181. The molecule has 1 fully saturated rings. The normalized spacial score (nSPS) is 21.5. The molecule has 0 aromatic carbocycles. The molecule has 2 heteroatoms. The van der Waals surface area contributed by atoms with Crippen molar-refractivity contribution >= 4 is 5.71 Å². The molecule has 0 atom stereocenters. The minimum absolute atomic E-state index is 0.143. The van der Waals surface area contributed by atoms with Gasteiger partial charge in [0, 0.05) is 0 Å². The standard InChI is InChI=1S/C11H21NO.C2H6/c1-9-5-7-10(8-6-9)12-13-11(2,3)4;1-2/h9H,5-8H2,1-4H3;1-2H3. The van der Waals surface area contributed by atoms with Gasteiger partial charge in [-0.15, -0.1) is 0 Å². The first kappa shape index (κ1) is 14.5. The molecular formula is C13H27NO. The summed E-state index contributed by atoms with van der Waals surface area (Å²) in [4.78, 5) is 5.39. The lowest BCUT2D eigenvalue weighted by Gasteiger charge is -2.21. The molecule has 15 heavy (non-hydrogen) atoms. The molecule has 0 N–H and O–H groups in total. The van der Waals surface area contributed by atoms with E-state index in [1.807, 2.05) is 34.6 Å². The maximum atomic E-state index is 5.39. The maximum absolute atomic E-state index is 5.39. The zero-order chi connectivity index (χ0) is 11.9. The van der Waals surface area contributed by atoms with Gasteiger partial charge in [-0.3, -0.25) is 0 Å². The lowest BCUT2D eigenvalue weighted by molar-refractivity contribution is -0.000140. The Hall–Kier alpha value is -0.530. The molecule has 0 bridgehead atoms. The Morgan fingerprint density at radius 2 is 1.60 bits per heavy atom. The van der Waals surface area contributed by atoms with Gasteiger partial charge >= 0.3 is 0 Å². The van der Waals surface area contributed by atoms with E-state index in [-0.39, 0.29) is 5.60 Å². The lowest BCUT2D eigenvalue weighted by atomic mass is 9.90. The topological polar surface area (TPSA) is 21.6 Å². The molecule has 0 radical (unpaired) electrons. The Morgan fingerprint density at radius 1 is 1.13 bits per heavy atom. The molecule has 90 valence electrons. The van der Waals surface area contributed by atoms with Crippen LogP contribution in [0.2, 0.25) is 0 Å². The highest BCUT2D eigenvalue weighted by atomic mass is 16.6. The molecule has 1 saturated carbocycles. The first-order valence-electron chi connectivity index (χ1n) is 6.21. The molecule has 0 amide bonds. The van der Waals surface area contributed by atoms with Crippen LogP contribution in [-0.2, 0) is 4.84 Å². The van der Waals surface area contributed by atoms with Crippen molar-refractivity contribution in [3.05, 3.63) is 0 Å². The molecule has 2 nitrogen and oxygen atoms in total. The molecule has 0 saturated heterocycles. The van der Waals surface area contributed by atoms with Crippen LogP contribution >= 0.6 is 0 Å². The summed E-state index contributed by atoms with van der Waals surface area (Å²) in [6.45, 7) is 12.4. The van der Waals surface area contributed by atoms with Crippen LogP contribution in [0.1, 0.15) is 67.2 Å². The maximum Gasteiger partial charge on any atom is 0.129 e. The second kappa shape index (κ2) is 6.86. The number of nitrogens with zero attached hydrogens (tertiary/aromatic N) is 1. The van der Waals surface area contributed by atoms with Gasteiger partial charge in [0.05, 0.1) is 5.71 Å². The van der Waals surface area contributed by atoms with E-state index in [1.165, 1.54) is 18.6 Å². The monoisotopic (exact) mass is 213 g/mol. The Labute approximate surface area is 95.1 Å². The first-order valence-corrected chi connectivity index (χ1v) is 6.21. The van der Waals surface area contributed by atoms with Gasteiger partial charge in [0.1, 0.15) is 5.60 Å². The summed E-state index contributed by atoms with van der Waals surface area (Å²) in [6.07, 6.45) is 4.78. The van der Waals surface area contributed by atoms with Gasteiger partial charge in [0.25, 0.3) is 0 Å². The van der Waals surface area contributed by atoms with Crippen LogP contribution in [0.5, 0.6) is 0 Å². The van der Waals surface area contributed by atoms with Crippen LogP contribution in [0.3, 0.4) is 0 Å². The fraction of sp³-hybridized carbons (Fsp3) is 0.923. The van der Waals surface area contributed by atoms with Gasteiger partial charge in [-0.2, -0.15) is 0 Å².